The van der Waals surface area contributed by atoms with Crippen molar-refractivity contribution in [1.29, 1.82) is 5.26 Å². The highest BCUT2D eigenvalue weighted by Gasteiger charge is 2.25. The maximum absolute atomic E-state index is 12.6. The van der Waals surface area contributed by atoms with Crippen molar-refractivity contribution in [2.45, 2.75) is 19.8 Å². The molecule has 0 spiro atoms. The van der Waals surface area contributed by atoms with E-state index in [-0.39, 0.29) is 12.3 Å². The summed E-state index contributed by atoms with van der Waals surface area (Å²) in [5.41, 5.74) is 2.81. The number of ketones is 1. The zero-order valence-electron chi connectivity index (χ0n) is 15.8. The molecule has 3 aromatic rings. The summed E-state index contributed by atoms with van der Waals surface area (Å²) in [4.78, 5) is 27.4. The van der Waals surface area contributed by atoms with E-state index in [1.165, 1.54) is 23.5 Å². The summed E-state index contributed by atoms with van der Waals surface area (Å²) in [7, 11) is 0. The maximum atomic E-state index is 12.6. The number of benzene rings is 2. The van der Waals surface area contributed by atoms with Crippen LogP contribution in [0.15, 0.2) is 47.8 Å². The van der Waals surface area contributed by atoms with E-state index < -0.39 is 16.6 Å². The minimum Gasteiger partial charge on any atom is -0.485 e. The highest BCUT2D eigenvalue weighted by atomic mass is 32.1. The third-order valence-electron chi connectivity index (χ3n) is 4.34. The summed E-state index contributed by atoms with van der Waals surface area (Å²) in [5, 5.41) is 22.5. The van der Waals surface area contributed by atoms with Crippen LogP contribution in [-0.4, -0.2) is 22.3 Å². The summed E-state index contributed by atoms with van der Waals surface area (Å²) in [6.45, 7) is 3.54. The van der Waals surface area contributed by atoms with Crippen LogP contribution in [0, 0.1) is 35.3 Å². The molecule has 29 heavy (non-hydrogen) atoms. The Bertz CT molecular complexity index is 1100. The summed E-state index contributed by atoms with van der Waals surface area (Å²) < 4.78 is 5.67. The number of non-ortho nitro benzene ring substituents is 1. The number of para-hydroxylation sites is 1. The molecule has 8 heteroatoms. The Hall–Kier alpha value is -3.57. The summed E-state index contributed by atoms with van der Waals surface area (Å²) in [6, 6.07) is 13.7. The number of nitro benzene ring substituents is 1. The largest absolute Gasteiger partial charge is 0.485 e. The molecule has 0 aliphatic carbocycles. The molecule has 3 rings (SSSR count). The Balaban J connectivity index is 1.77. The smallest absolute Gasteiger partial charge is 0.270 e. The SMILES string of the molecule is Cc1cccc(C)c1OCC(=O)C(C#N)c1nc(-c2cccc([N+](=O)[O-])c2)cs1. The lowest BCUT2D eigenvalue weighted by Crippen LogP contribution is -2.19. The molecule has 0 bridgehead atoms. The molecule has 2 aromatic carbocycles. The molecule has 1 heterocycles. The van der Waals surface area contributed by atoms with E-state index in [1.807, 2.05) is 38.1 Å². The van der Waals surface area contributed by atoms with Gasteiger partial charge in [0.25, 0.3) is 5.69 Å². The van der Waals surface area contributed by atoms with Gasteiger partial charge in [-0.15, -0.1) is 11.3 Å². The molecule has 1 atom stereocenters. The average molecular weight is 407 g/mol. The van der Waals surface area contributed by atoms with Gasteiger partial charge in [0.2, 0.25) is 0 Å². The number of nitriles is 1. The number of aryl methyl sites for hydroxylation is 2. The van der Waals surface area contributed by atoms with Crippen molar-refractivity contribution < 1.29 is 14.5 Å². The van der Waals surface area contributed by atoms with E-state index in [0.29, 0.717) is 22.0 Å². The Kier molecular flexibility index (Phi) is 6.00. The number of nitro groups is 1. The van der Waals surface area contributed by atoms with E-state index >= 15 is 0 Å². The molecule has 0 aliphatic rings. The Morgan fingerprint density at radius 2 is 1.97 bits per heavy atom. The van der Waals surface area contributed by atoms with Crippen molar-refractivity contribution in [1.82, 2.24) is 4.98 Å². The fourth-order valence-corrected chi connectivity index (χ4v) is 3.74. The first-order valence-corrected chi connectivity index (χ1v) is 9.60. The van der Waals surface area contributed by atoms with Crippen LogP contribution in [0.5, 0.6) is 5.75 Å². The minimum atomic E-state index is -1.06. The van der Waals surface area contributed by atoms with Crippen LogP contribution >= 0.6 is 11.3 Å². The topological polar surface area (TPSA) is 106 Å². The van der Waals surface area contributed by atoms with E-state index in [1.54, 1.807) is 17.5 Å². The lowest BCUT2D eigenvalue weighted by atomic mass is 10.1. The second kappa shape index (κ2) is 8.63. The average Bonchev–Trinajstić information content (AvgIpc) is 3.18. The van der Waals surface area contributed by atoms with Crippen LogP contribution in [0.4, 0.5) is 5.69 Å². The van der Waals surface area contributed by atoms with Crippen LogP contribution in [0.3, 0.4) is 0 Å². The van der Waals surface area contributed by atoms with Crippen LogP contribution in [-0.2, 0) is 4.79 Å². The number of thiazole rings is 1. The van der Waals surface area contributed by atoms with Crippen molar-refractivity contribution in [2.75, 3.05) is 6.61 Å². The molecule has 7 nitrogen and oxygen atoms in total. The van der Waals surface area contributed by atoms with Gasteiger partial charge in [-0.25, -0.2) is 4.98 Å². The van der Waals surface area contributed by atoms with Crippen LogP contribution in [0.1, 0.15) is 22.1 Å². The standard InChI is InChI=1S/C21H17N3O4S/c1-13-5-3-6-14(2)20(13)28-11-19(25)17(10-22)21-23-18(12-29-21)15-7-4-8-16(9-15)24(26)27/h3-9,12,17H,11H2,1-2H3. The Morgan fingerprint density at radius 1 is 1.28 bits per heavy atom. The van der Waals surface area contributed by atoms with Crippen LogP contribution in [0.25, 0.3) is 11.3 Å². The van der Waals surface area contributed by atoms with Gasteiger partial charge in [0.15, 0.2) is 11.7 Å². The molecule has 0 radical (unpaired) electrons. The van der Waals surface area contributed by atoms with Gasteiger partial charge in [-0.1, -0.05) is 30.3 Å². The normalized spacial score (nSPS) is 11.5. The Morgan fingerprint density at radius 3 is 2.62 bits per heavy atom. The van der Waals surface area contributed by atoms with Crippen LogP contribution < -0.4 is 4.74 Å². The molecule has 0 amide bonds. The van der Waals surface area contributed by atoms with Crippen molar-refractivity contribution >= 4 is 22.8 Å². The van der Waals surface area contributed by atoms with E-state index in [4.69, 9.17) is 4.74 Å². The lowest BCUT2D eigenvalue weighted by Gasteiger charge is -2.12. The summed E-state index contributed by atoms with van der Waals surface area (Å²) in [5.74, 6) is -0.819. The fourth-order valence-electron chi connectivity index (χ4n) is 2.85. The number of hydrogen-bond acceptors (Lipinski definition) is 7. The highest BCUT2D eigenvalue weighted by Crippen LogP contribution is 2.29. The third kappa shape index (κ3) is 4.47. The van der Waals surface area contributed by atoms with Gasteiger partial charge in [0.1, 0.15) is 17.4 Å². The fraction of sp³-hybridized carbons (Fsp3) is 0.190. The molecule has 0 saturated carbocycles. The molecule has 0 aliphatic heterocycles. The molecule has 0 saturated heterocycles. The zero-order valence-corrected chi connectivity index (χ0v) is 16.6. The first kappa shape index (κ1) is 20.2. The lowest BCUT2D eigenvalue weighted by molar-refractivity contribution is -0.384. The van der Waals surface area contributed by atoms with E-state index in [2.05, 4.69) is 4.98 Å². The maximum Gasteiger partial charge on any atom is 0.270 e. The van der Waals surface area contributed by atoms with Crippen molar-refractivity contribution in [2.24, 2.45) is 0 Å². The summed E-state index contributed by atoms with van der Waals surface area (Å²) >= 11 is 1.17. The molecule has 0 fully saturated rings. The van der Waals surface area contributed by atoms with Gasteiger partial charge in [-0.3, -0.25) is 14.9 Å². The van der Waals surface area contributed by atoms with Gasteiger partial charge in [-0.05, 0) is 25.0 Å². The first-order valence-electron chi connectivity index (χ1n) is 8.72. The van der Waals surface area contributed by atoms with Gasteiger partial charge < -0.3 is 4.74 Å². The quantitative estimate of drug-likeness (QED) is 0.419. The first-order chi connectivity index (χ1) is 13.9. The molecule has 0 N–H and O–H groups in total. The number of carbonyl (C=O) groups is 1. The number of rotatable bonds is 7. The predicted molar refractivity (Wildman–Crippen MR) is 109 cm³/mol. The Labute approximate surface area is 171 Å². The number of carbonyl (C=O) groups excluding carboxylic acids is 1. The van der Waals surface area contributed by atoms with E-state index in [0.717, 1.165) is 11.1 Å². The van der Waals surface area contributed by atoms with Crippen LogP contribution in [0.2, 0.25) is 0 Å². The predicted octanol–water partition coefficient (Wildman–Crippen LogP) is 4.59. The second-order valence-corrected chi connectivity index (χ2v) is 7.31. The molecule has 1 unspecified atom stereocenters. The zero-order chi connectivity index (χ0) is 21.0. The number of aromatic nitrogens is 1. The molecular formula is C21H17N3O4S. The number of ether oxygens (including phenoxy) is 1. The van der Waals surface area contributed by atoms with Gasteiger partial charge in [0, 0.05) is 23.1 Å². The van der Waals surface area contributed by atoms with Gasteiger partial charge in [-0.2, -0.15) is 5.26 Å². The molecule has 146 valence electrons. The third-order valence-corrected chi connectivity index (χ3v) is 5.25. The number of Topliss-reactive ketones (excluding diaryl/α,β-unsaturated/α-hetero) is 1. The molecule has 1 aromatic heterocycles. The number of hydrogen-bond donors (Lipinski definition) is 0. The summed E-state index contributed by atoms with van der Waals surface area (Å²) in [6.07, 6.45) is 0. The number of nitrogens with zero attached hydrogens (tertiary/aromatic N) is 3. The van der Waals surface area contributed by atoms with Gasteiger partial charge >= 0.3 is 0 Å². The highest BCUT2D eigenvalue weighted by molar-refractivity contribution is 7.10. The monoisotopic (exact) mass is 407 g/mol. The van der Waals surface area contributed by atoms with Crippen molar-refractivity contribution in [3.05, 3.63) is 74.1 Å². The van der Waals surface area contributed by atoms with E-state index in [9.17, 15) is 20.2 Å². The molecular weight excluding hydrogens is 390 g/mol. The van der Waals surface area contributed by atoms with Gasteiger partial charge in [0.05, 0.1) is 16.7 Å². The second-order valence-electron chi connectivity index (χ2n) is 6.42. The van der Waals surface area contributed by atoms with Crippen molar-refractivity contribution in [3.63, 3.8) is 0 Å². The van der Waals surface area contributed by atoms with Crippen molar-refractivity contribution in [3.8, 4) is 23.1 Å². The minimum absolute atomic E-state index is 0.0491.